The van der Waals surface area contributed by atoms with E-state index in [0.717, 1.165) is 28.3 Å². The van der Waals surface area contributed by atoms with E-state index >= 15 is 0 Å². The Morgan fingerprint density at radius 3 is 2.34 bits per heavy atom. The largest absolute Gasteiger partial charge is 0.775 e. The van der Waals surface area contributed by atoms with Gasteiger partial charge in [-0.3, -0.25) is 23.2 Å². The van der Waals surface area contributed by atoms with E-state index in [1.54, 1.807) is 0 Å². The first kappa shape index (κ1) is 29.6. The molecule has 16 heteroatoms. The zero-order valence-corrected chi connectivity index (χ0v) is 23.4. The number of rotatable bonds is 11. The third-order valence-corrected chi connectivity index (χ3v) is 9.59. The maximum Gasteiger partial charge on any atom is 0.330 e. The number of ether oxygens (including phenoxy) is 4. The van der Waals surface area contributed by atoms with Crippen LogP contribution < -0.4 is 31.1 Å². The summed E-state index contributed by atoms with van der Waals surface area (Å²) < 4.78 is 58.4. The van der Waals surface area contributed by atoms with Gasteiger partial charge < -0.3 is 37.8 Å². The first-order valence-corrected chi connectivity index (χ1v) is 15.5. The molecular formula is C25H26N2O12P2-2. The Balaban J connectivity index is 1.29. The topological polar surface area (TPSA) is 190 Å². The van der Waals surface area contributed by atoms with Crippen LogP contribution in [0.3, 0.4) is 0 Å². The summed E-state index contributed by atoms with van der Waals surface area (Å²) in [6.45, 7) is -0.700. The molecule has 7 atom stereocenters. The predicted octanol–water partition coefficient (Wildman–Crippen LogP) is 0.566. The molecular weight excluding hydrogens is 582 g/mol. The average Bonchev–Trinajstić information content (AvgIpc) is 3.50. The summed E-state index contributed by atoms with van der Waals surface area (Å²) in [5.74, 6) is 0.361. The lowest BCUT2D eigenvalue weighted by molar-refractivity contribution is -0.233. The van der Waals surface area contributed by atoms with Crippen LogP contribution in [0.2, 0.25) is 0 Å². The van der Waals surface area contributed by atoms with E-state index in [4.69, 9.17) is 23.5 Å². The van der Waals surface area contributed by atoms with E-state index in [1.807, 2.05) is 30.3 Å². The molecule has 220 valence electrons. The number of phosphoric ester groups is 1. The van der Waals surface area contributed by atoms with Crippen LogP contribution in [0.4, 0.5) is 0 Å². The number of nitrogens with one attached hydrogen (secondary N) is 1. The molecule has 3 heterocycles. The molecule has 4 unspecified atom stereocenters. The average molecular weight is 608 g/mol. The molecule has 2 aliphatic rings. The zero-order valence-electron chi connectivity index (χ0n) is 21.6. The van der Waals surface area contributed by atoms with Gasteiger partial charge in [-0.05, 0) is 36.2 Å². The van der Waals surface area contributed by atoms with E-state index in [9.17, 15) is 28.5 Å². The molecule has 0 saturated carbocycles. The van der Waals surface area contributed by atoms with Crippen molar-refractivity contribution in [3.63, 3.8) is 0 Å². The van der Waals surface area contributed by atoms with E-state index in [-0.39, 0.29) is 0 Å². The van der Waals surface area contributed by atoms with Crippen LogP contribution in [-0.2, 0) is 38.6 Å². The van der Waals surface area contributed by atoms with Gasteiger partial charge in [-0.2, -0.15) is 0 Å². The van der Waals surface area contributed by atoms with Crippen molar-refractivity contribution in [2.75, 3.05) is 13.7 Å². The molecule has 0 bridgehead atoms. The summed E-state index contributed by atoms with van der Waals surface area (Å²) in [4.78, 5) is 51.2. The number of H-pyrrole nitrogens is 1. The highest BCUT2D eigenvalue weighted by molar-refractivity contribution is 7.67. The number of aromatic amines is 1. The first-order valence-electron chi connectivity index (χ1n) is 12.5. The molecule has 14 nitrogen and oxygen atoms in total. The molecule has 2 saturated heterocycles. The van der Waals surface area contributed by atoms with Crippen molar-refractivity contribution in [1.82, 2.24) is 9.55 Å². The van der Waals surface area contributed by atoms with Crippen molar-refractivity contribution in [2.45, 2.75) is 43.7 Å². The van der Waals surface area contributed by atoms with Gasteiger partial charge in [-0.15, -0.1) is 0 Å². The number of hydrogen-bond donors (Lipinski definition) is 1. The Hall–Kier alpha value is -2.90. The number of benzene rings is 2. The van der Waals surface area contributed by atoms with Gasteiger partial charge in [-0.1, -0.05) is 30.3 Å². The van der Waals surface area contributed by atoms with Crippen molar-refractivity contribution in [3.8, 4) is 5.75 Å². The van der Waals surface area contributed by atoms with Gasteiger partial charge >= 0.3 is 5.69 Å². The van der Waals surface area contributed by atoms with Crippen LogP contribution >= 0.6 is 15.4 Å². The fraction of sp³-hybridized carbons (Fsp3) is 0.360. The fourth-order valence-electron chi connectivity index (χ4n) is 4.58. The third kappa shape index (κ3) is 6.95. The van der Waals surface area contributed by atoms with Gasteiger partial charge in [0, 0.05) is 24.0 Å². The standard InChI is InChI=1S/C25H28N2O12P2/c1-34-17-8-10-18(11-9-17)40(30,31)39-41(32,33)35-15-19-22-23(24(36-19)27-14-13-20(28)26-25(27)29)38-21(37-22)12-7-16-5-3-2-4-6-16/h2-6,8-11,13-14,19,21-24H,7,12,15H2,1H3,(H,30,31)(H,32,33)(H,26,28,29)/p-2/t19-,21?,22?,23+,24-/m1/s1. The molecule has 3 aromatic rings. The van der Waals surface area contributed by atoms with Crippen LogP contribution in [0.25, 0.3) is 0 Å². The predicted molar refractivity (Wildman–Crippen MR) is 138 cm³/mol. The molecule has 2 aromatic carbocycles. The highest BCUT2D eigenvalue weighted by Gasteiger charge is 2.53. The van der Waals surface area contributed by atoms with E-state index in [0.29, 0.717) is 18.6 Å². The number of aryl methyl sites for hydroxylation is 1. The third-order valence-electron chi connectivity index (χ3n) is 6.53. The Bertz CT molecular complexity index is 1560. The fourth-order valence-corrected chi connectivity index (χ4v) is 7.05. The molecule has 41 heavy (non-hydrogen) atoms. The van der Waals surface area contributed by atoms with E-state index in [1.165, 1.54) is 25.4 Å². The van der Waals surface area contributed by atoms with Crippen LogP contribution in [0.5, 0.6) is 5.75 Å². The summed E-state index contributed by atoms with van der Waals surface area (Å²) in [7, 11) is -9.10. The second kappa shape index (κ2) is 12.1. The summed E-state index contributed by atoms with van der Waals surface area (Å²) in [6.07, 6.45) is -2.40. The molecule has 1 aromatic heterocycles. The van der Waals surface area contributed by atoms with Crippen molar-refractivity contribution in [2.24, 2.45) is 0 Å². The van der Waals surface area contributed by atoms with Crippen LogP contribution in [0.15, 0.2) is 76.4 Å². The van der Waals surface area contributed by atoms with Crippen LogP contribution in [0, 0.1) is 0 Å². The van der Waals surface area contributed by atoms with E-state index < -0.39 is 69.4 Å². The van der Waals surface area contributed by atoms with Gasteiger partial charge in [0.1, 0.15) is 24.1 Å². The quantitative estimate of drug-likeness (QED) is 0.298. The number of fused-ring (bicyclic) bond motifs is 1. The van der Waals surface area contributed by atoms with Crippen molar-refractivity contribution in [1.29, 1.82) is 0 Å². The lowest BCUT2D eigenvalue weighted by Gasteiger charge is -2.32. The zero-order chi connectivity index (χ0) is 29.2. The molecule has 2 fully saturated rings. The summed E-state index contributed by atoms with van der Waals surface area (Å²) in [5.41, 5.74) is -0.346. The molecule has 1 N–H and O–H groups in total. The van der Waals surface area contributed by atoms with Crippen LogP contribution in [0.1, 0.15) is 18.2 Å². The Morgan fingerprint density at radius 2 is 1.66 bits per heavy atom. The number of methoxy groups -OCH3 is 1. The number of nitrogens with zero attached hydrogens (tertiary/aromatic N) is 1. The number of phosphoric acid groups is 1. The van der Waals surface area contributed by atoms with Crippen molar-refractivity contribution >= 4 is 20.7 Å². The highest BCUT2D eigenvalue weighted by Crippen LogP contribution is 2.55. The Morgan fingerprint density at radius 1 is 0.951 bits per heavy atom. The van der Waals surface area contributed by atoms with Gasteiger partial charge in [0.05, 0.1) is 13.7 Å². The summed E-state index contributed by atoms with van der Waals surface area (Å²) >= 11 is 0. The molecule has 2 aliphatic heterocycles. The second-order valence-corrected chi connectivity index (χ2v) is 12.6. The molecule has 0 amide bonds. The Labute approximate surface area is 233 Å². The van der Waals surface area contributed by atoms with Crippen molar-refractivity contribution in [3.05, 3.63) is 93.3 Å². The minimum Gasteiger partial charge on any atom is -0.775 e. The SMILES string of the molecule is COc1ccc(P(=O)([O-])OP(=O)([O-])OC[C@H]2O[C@@H](n3ccc(=O)[nH]c3=O)[C@H]3OC(CCc4ccccc4)OC23)cc1. The first-order chi connectivity index (χ1) is 19.5. The molecule has 0 radical (unpaired) electrons. The monoisotopic (exact) mass is 608 g/mol. The molecule has 0 spiro atoms. The normalized spacial score (nSPS) is 26.7. The molecule has 5 rings (SSSR count). The maximum atomic E-state index is 12.5. The maximum absolute atomic E-state index is 12.5. The minimum absolute atomic E-state index is 0.361. The molecule has 0 aliphatic carbocycles. The number of hydrogen-bond acceptors (Lipinski definition) is 12. The van der Waals surface area contributed by atoms with E-state index in [2.05, 4.69) is 9.29 Å². The van der Waals surface area contributed by atoms with Gasteiger partial charge in [0.25, 0.3) is 13.4 Å². The lowest BCUT2D eigenvalue weighted by atomic mass is 10.1. The van der Waals surface area contributed by atoms with Gasteiger partial charge in [0.15, 0.2) is 20.1 Å². The summed E-state index contributed by atoms with van der Waals surface area (Å²) in [6, 6.07) is 15.6. The number of aromatic nitrogens is 2. The van der Waals surface area contributed by atoms with Crippen molar-refractivity contribution < 1.29 is 46.7 Å². The highest BCUT2D eigenvalue weighted by atomic mass is 31.3. The Kier molecular flexibility index (Phi) is 8.76. The minimum atomic E-state index is -5.41. The smallest absolute Gasteiger partial charge is 0.330 e. The summed E-state index contributed by atoms with van der Waals surface area (Å²) in [5, 5.41) is -0.401. The van der Waals surface area contributed by atoms with Gasteiger partial charge in [0.2, 0.25) is 0 Å². The van der Waals surface area contributed by atoms with Gasteiger partial charge in [-0.25, -0.2) is 4.79 Å². The van der Waals surface area contributed by atoms with Crippen LogP contribution in [-0.4, -0.2) is 47.9 Å². The lowest BCUT2D eigenvalue weighted by Crippen LogP contribution is -2.36. The second-order valence-electron chi connectivity index (χ2n) is 9.26.